The zero-order chi connectivity index (χ0) is 12.8. The molecule has 0 unspecified atom stereocenters. The van der Waals surface area contributed by atoms with Crippen molar-refractivity contribution < 1.29 is 13.2 Å². The van der Waals surface area contributed by atoms with Gasteiger partial charge in [0, 0.05) is 12.7 Å². The van der Waals surface area contributed by atoms with E-state index in [2.05, 4.69) is 6.58 Å². The molecule has 0 radical (unpaired) electrons. The van der Waals surface area contributed by atoms with Crippen molar-refractivity contribution in [3.8, 4) is 0 Å². The molecule has 0 N–H and O–H groups in total. The first-order valence-electron chi connectivity index (χ1n) is 5.57. The van der Waals surface area contributed by atoms with E-state index in [0.717, 1.165) is 31.9 Å². The first-order chi connectivity index (χ1) is 7.23. The van der Waals surface area contributed by atoms with Gasteiger partial charge in [-0.1, -0.05) is 12.5 Å². The van der Waals surface area contributed by atoms with Crippen LogP contribution in [0.15, 0.2) is 12.7 Å². The number of rotatable bonds is 8. The van der Waals surface area contributed by atoms with Gasteiger partial charge in [0.25, 0.3) is 0 Å². The van der Waals surface area contributed by atoms with Gasteiger partial charge in [0.15, 0.2) is 15.6 Å². The summed E-state index contributed by atoms with van der Waals surface area (Å²) in [6.45, 7) is 6.58. The molecule has 0 spiro atoms. The minimum Gasteiger partial charge on any atom is -0.298 e. The molecule has 0 aliphatic rings. The fourth-order valence-electron chi connectivity index (χ4n) is 1.26. The molecule has 3 nitrogen and oxygen atoms in total. The van der Waals surface area contributed by atoms with Crippen molar-refractivity contribution in [2.24, 2.45) is 0 Å². The van der Waals surface area contributed by atoms with Gasteiger partial charge in [0.05, 0.1) is 0 Å². The molecule has 0 bridgehead atoms. The van der Waals surface area contributed by atoms with Crippen molar-refractivity contribution in [1.82, 2.24) is 0 Å². The predicted octanol–water partition coefficient (Wildman–Crippen LogP) is 2.52. The van der Waals surface area contributed by atoms with Crippen LogP contribution >= 0.6 is 0 Å². The van der Waals surface area contributed by atoms with Gasteiger partial charge in [-0.25, -0.2) is 8.42 Å². The van der Waals surface area contributed by atoms with E-state index in [-0.39, 0.29) is 5.78 Å². The minimum atomic E-state index is -3.31. The summed E-state index contributed by atoms with van der Waals surface area (Å²) in [5.41, 5.74) is 0. The van der Waals surface area contributed by atoms with Gasteiger partial charge in [-0.2, -0.15) is 0 Å². The molecule has 94 valence electrons. The van der Waals surface area contributed by atoms with E-state index in [0.29, 0.717) is 6.42 Å². The third kappa shape index (κ3) is 4.47. The molecule has 4 heteroatoms. The summed E-state index contributed by atoms with van der Waals surface area (Å²) in [6, 6.07) is 0. The van der Waals surface area contributed by atoms with Gasteiger partial charge in [-0.15, -0.1) is 6.58 Å². The maximum atomic E-state index is 11.7. The lowest BCUT2D eigenvalue weighted by Gasteiger charge is -2.20. The van der Waals surface area contributed by atoms with Gasteiger partial charge in [0.2, 0.25) is 0 Å². The van der Waals surface area contributed by atoms with Crippen LogP contribution in [0.4, 0.5) is 0 Å². The molecule has 0 atom stereocenters. The topological polar surface area (TPSA) is 51.2 Å². The fraction of sp³-hybridized carbons (Fsp3) is 0.750. The van der Waals surface area contributed by atoms with Crippen LogP contribution in [0.25, 0.3) is 0 Å². The van der Waals surface area contributed by atoms with Crippen LogP contribution in [-0.4, -0.2) is 25.2 Å². The largest absolute Gasteiger partial charge is 0.298 e. The summed E-state index contributed by atoms with van der Waals surface area (Å²) < 4.78 is 21.5. The average molecular weight is 246 g/mol. The highest BCUT2D eigenvalue weighted by atomic mass is 32.2. The molecule has 0 saturated heterocycles. The molecule has 0 aromatic rings. The van der Waals surface area contributed by atoms with Crippen LogP contribution in [0.5, 0.6) is 0 Å². The van der Waals surface area contributed by atoms with Crippen molar-refractivity contribution in [2.45, 2.75) is 50.7 Å². The summed E-state index contributed by atoms with van der Waals surface area (Å²) in [5.74, 6) is -0.186. The lowest BCUT2D eigenvalue weighted by molar-refractivity contribution is -0.120. The van der Waals surface area contributed by atoms with Crippen LogP contribution in [0, 0.1) is 0 Å². The molecule has 0 aliphatic heterocycles. The first-order valence-corrected chi connectivity index (χ1v) is 7.46. The maximum absolute atomic E-state index is 11.7. The standard InChI is InChI=1S/C12H22O3S/c1-5-6-7-8-9-10-11(13)12(2,3)16(4,14)15/h5H,1,6-10H2,2-4H3. The van der Waals surface area contributed by atoms with Crippen LogP contribution in [0.3, 0.4) is 0 Å². The highest BCUT2D eigenvalue weighted by Gasteiger charge is 2.37. The van der Waals surface area contributed by atoms with Crippen LogP contribution in [0.1, 0.15) is 46.0 Å². The summed E-state index contributed by atoms with van der Waals surface area (Å²) in [7, 11) is -3.31. The van der Waals surface area contributed by atoms with Crippen LogP contribution in [0.2, 0.25) is 0 Å². The minimum absolute atomic E-state index is 0.186. The van der Waals surface area contributed by atoms with E-state index in [1.807, 2.05) is 6.08 Å². The number of allylic oxidation sites excluding steroid dienone is 1. The van der Waals surface area contributed by atoms with Crippen LogP contribution in [-0.2, 0) is 14.6 Å². The van der Waals surface area contributed by atoms with Crippen LogP contribution < -0.4 is 0 Å². The van der Waals surface area contributed by atoms with Gasteiger partial charge in [0.1, 0.15) is 4.75 Å². The normalized spacial score (nSPS) is 12.4. The Labute approximate surface area is 98.9 Å². The molecule has 0 rings (SSSR count). The molecule has 0 heterocycles. The number of carbonyl (C=O) groups is 1. The molecular weight excluding hydrogens is 224 g/mol. The van der Waals surface area contributed by atoms with Crippen molar-refractivity contribution in [3.05, 3.63) is 12.7 Å². The van der Waals surface area contributed by atoms with E-state index in [4.69, 9.17) is 0 Å². The predicted molar refractivity (Wildman–Crippen MR) is 67.2 cm³/mol. The number of carbonyl (C=O) groups excluding carboxylic acids is 1. The Hall–Kier alpha value is -0.640. The van der Waals surface area contributed by atoms with E-state index < -0.39 is 14.6 Å². The molecule has 0 fully saturated rings. The van der Waals surface area contributed by atoms with Gasteiger partial charge in [-0.3, -0.25) is 4.79 Å². The molecule has 16 heavy (non-hydrogen) atoms. The monoisotopic (exact) mass is 246 g/mol. The summed E-state index contributed by atoms with van der Waals surface area (Å²) in [5, 5.41) is 0. The molecule has 0 saturated carbocycles. The van der Waals surface area contributed by atoms with Crippen molar-refractivity contribution >= 4 is 15.6 Å². The van der Waals surface area contributed by atoms with E-state index in [1.54, 1.807) is 0 Å². The SMILES string of the molecule is C=CCCCCCC(=O)C(C)(C)S(C)(=O)=O. The Balaban J connectivity index is 4.12. The number of ketones is 1. The lowest BCUT2D eigenvalue weighted by atomic mass is 10.0. The second-order valence-electron chi connectivity index (χ2n) is 4.59. The molecule has 0 aliphatic carbocycles. The van der Waals surface area contributed by atoms with Crippen molar-refractivity contribution in [1.29, 1.82) is 0 Å². The first kappa shape index (κ1) is 15.4. The average Bonchev–Trinajstić information content (AvgIpc) is 2.15. The number of hydrogen-bond donors (Lipinski definition) is 0. The summed E-state index contributed by atoms with van der Waals surface area (Å²) in [6.07, 6.45) is 6.96. The van der Waals surface area contributed by atoms with Crippen molar-refractivity contribution in [3.63, 3.8) is 0 Å². The molecule has 0 aromatic carbocycles. The Bertz CT molecular complexity index is 339. The van der Waals surface area contributed by atoms with E-state index in [1.165, 1.54) is 13.8 Å². The number of sulfone groups is 1. The van der Waals surface area contributed by atoms with Gasteiger partial charge < -0.3 is 0 Å². The Morgan fingerprint density at radius 2 is 1.81 bits per heavy atom. The quantitative estimate of drug-likeness (QED) is 0.488. The smallest absolute Gasteiger partial charge is 0.159 e. The molecule has 0 aromatic heterocycles. The van der Waals surface area contributed by atoms with E-state index >= 15 is 0 Å². The highest BCUT2D eigenvalue weighted by Crippen LogP contribution is 2.19. The molecular formula is C12H22O3S. The number of hydrogen-bond acceptors (Lipinski definition) is 3. The third-order valence-corrected chi connectivity index (χ3v) is 4.99. The number of Topliss-reactive ketones (excluding diaryl/α,β-unsaturated/α-hetero) is 1. The summed E-state index contributed by atoms with van der Waals surface area (Å²) >= 11 is 0. The third-order valence-electron chi connectivity index (χ3n) is 2.91. The number of unbranched alkanes of at least 4 members (excludes halogenated alkanes) is 3. The Morgan fingerprint density at radius 1 is 1.25 bits per heavy atom. The maximum Gasteiger partial charge on any atom is 0.159 e. The molecule has 0 amide bonds. The fourth-order valence-corrected chi connectivity index (χ4v) is 1.77. The zero-order valence-corrected chi connectivity index (χ0v) is 11.3. The summed E-state index contributed by atoms with van der Waals surface area (Å²) in [4.78, 5) is 11.7. The van der Waals surface area contributed by atoms with E-state index in [9.17, 15) is 13.2 Å². The Kier molecular flexibility index (Phi) is 5.94. The second kappa shape index (κ2) is 6.18. The second-order valence-corrected chi connectivity index (χ2v) is 7.16. The Morgan fingerprint density at radius 3 is 2.25 bits per heavy atom. The lowest BCUT2D eigenvalue weighted by Crippen LogP contribution is -2.39. The highest BCUT2D eigenvalue weighted by molar-refractivity contribution is 7.92. The van der Waals surface area contributed by atoms with Gasteiger partial charge in [-0.05, 0) is 33.1 Å². The van der Waals surface area contributed by atoms with Gasteiger partial charge >= 0.3 is 0 Å². The zero-order valence-electron chi connectivity index (χ0n) is 10.5. The van der Waals surface area contributed by atoms with Crippen molar-refractivity contribution in [2.75, 3.05) is 6.26 Å².